The van der Waals surface area contributed by atoms with Crippen molar-refractivity contribution >= 4 is 22.8 Å². The Morgan fingerprint density at radius 1 is 1.03 bits per heavy atom. The fourth-order valence-corrected chi connectivity index (χ4v) is 4.94. The summed E-state index contributed by atoms with van der Waals surface area (Å²) < 4.78 is 7.81. The summed E-state index contributed by atoms with van der Waals surface area (Å²) in [5.74, 6) is 1.87. The second-order valence-corrected chi connectivity index (χ2v) is 8.11. The van der Waals surface area contributed by atoms with Crippen molar-refractivity contribution in [2.24, 2.45) is 0 Å². The van der Waals surface area contributed by atoms with Crippen LogP contribution in [0.2, 0.25) is 0 Å². The lowest BCUT2D eigenvalue weighted by molar-refractivity contribution is -0.116. The van der Waals surface area contributed by atoms with Crippen LogP contribution in [0.1, 0.15) is 41.7 Å². The number of nitrogens with one attached hydrogen (secondary N) is 1. The molecule has 0 fully saturated rings. The Hall–Kier alpha value is -3.60. The van der Waals surface area contributed by atoms with Crippen LogP contribution < -0.4 is 5.32 Å². The normalized spacial score (nSPS) is 20.8. The van der Waals surface area contributed by atoms with E-state index in [9.17, 15) is 4.79 Å². The maximum Gasteiger partial charge on any atom is 0.209 e. The number of nitrogens with zero attached hydrogens (tertiary/aromatic N) is 2. The molecule has 0 saturated carbocycles. The molecule has 2 aromatic heterocycles. The van der Waals surface area contributed by atoms with Gasteiger partial charge >= 0.3 is 0 Å². The number of Topliss-reactive ketones (excluding diaryl/α,β-unsaturated/α-hetero) is 1. The molecule has 0 amide bonds. The largest absolute Gasteiger partial charge is 0.469 e. The lowest BCUT2D eigenvalue weighted by atomic mass is 9.79. The van der Waals surface area contributed by atoms with E-state index in [1.807, 2.05) is 42.5 Å². The van der Waals surface area contributed by atoms with Gasteiger partial charge in [-0.15, -0.1) is 0 Å². The number of aryl methyl sites for hydroxylation is 1. The van der Waals surface area contributed by atoms with Gasteiger partial charge in [-0.1, -0.05) is 36.4 Å². The summed E-state index contributed by atoms with van der Waals surface area (Å²) in [7, 11) is 0. The van der Waals surface area contributed by atoms with E-state index >= 15 is 0 Å². The van der Waals surface area contributed by atoms with E-state index in [0.717, 1.165) is 46.0 Å². The molecule has 1 aliphatic heterocycles. The zero-order valence-corrected chi connectivity index (χ0v) is 16.6. The third-order valence-corrected chi connectivity index (χ3v) is 6.33. The van der Waals surface area contributed by atoms with Gasteiger partial charge in [0.25, 0.3) is 0 Å². The number of furan rings is 1. The number of para-hydroxylation sites is 2. The van der Waals surface area contributed by atoms with Gasteiger partial charge in [0.15, 0.2) is 5.78 Å². The van der Waals surface area contributed by atoms with Crippen LogP contribution in [0.3, 0.4) is 0 Å². The number of fused-ring (bicyclic) bond motifs is 3. The molecule has 2 unspecified atom stereocenters. The molecule has 1 aliphatic carbocycles. The molecule has 3 heterocycles. The molecule has 0 spiro atoms. The average Bonchev–Trinajstić information content (AvgIpc) is 3.40. The maximum absolute atomic E-state index is 13.5. The molecule has 0 bridgehead atoms. The van der Waals surface area contributed by atoms with Gasteiger partial charge in [0.05, 0.1) is 23.3 Å². The summed E-state index contributed by atoms with van der Waals surface area (Å²) in [6.07, 6.45) is 2.87. The number of aromatic nitrogens is 2. The van der Waals surface area contributed by atoms with Crippen LogP contribution in [0.25, 0.3) is 11.0 Å². The van der Waals surface area contributed by atoms with E-state index < -0.39 is 0 Å². The van der Waals surface area contributed by atoms with Crippen LogP contribution in [0.4, 0.5) is 5.95 Å². The highest BCUT2D eigenvalue weighted by Crippen LogP contribution is 2.46. The number of imidazole rings is 1. The molecule has 148 valence electrons. The first kappa shape index (κ1) is 17.3. The molecular weight excluding hydrogens is 374 g/mol. The van der Waals surface area contributed by atoms with Crippen LogP contribution in [-0.2, 0) is 4.79 Å². The minimum absolute atomic E-state index is 0.0483. The van der Waals surface area contributed by atoms with Crippen LogP contribution in [0, 0.1) is 6.92 Å². The predicted octanol–water partition coefficient (Wildman–Crippen LogP) is 5.35. The summed E-state index contributed by atoms with van der Waals surface area (Å²) in [5, 5.41) is 3.50. The maximum atomic E-state index is 13.5. The van der Waals surface area contributed by atoms with E-state index in [4.69, 9.17) is 9.40 Å². The van der Waals surface area contributed by atoms with Crippen molar-refractivity contribution in [2.75, 3.05) is 5.32 Å². The second kappa shape index (κ2) is 6.46. The molecule has 30 heavy (non-hydrogen) atoms. The Kier molecular flexibility index (Phi) is 3.72. The van der Waals surface area contributed by atoms with Gasteiger partial charge in [-0.25, -0.2) is 4.98 Å². The smallest absolute Gasteiger partial charge is 0.209 e. The van der Waals surface area contributed by atoms with Crippen molar-refractivity contribution in [3.63, 3.8) is 0 Å². The molecule has 0 radical (unpaired) electrons. The van der Waals surface area contributed by atoms with Crippen molar-refractivity contribution in [2.45, 2.75) is 31.7 Å². The molecule has 2 atom stereocenters. The molecule has 4 aromatic rings. The minimum atomic E-state index is -0.185. The molecule has 2 aromatic carbocycles. The first-order valence-corrected chi connectivity index (χ1v) is 10.3. The Bertz CT molecular complexity index is 1310. The Morgan fingerprint density at radius 3 is 2.70 bits per heavy atom. The number of rotatable bonds is 2. The van der Waals surface area contributed by atoms with Gasteiger partial charge in [0.2, 0.25) is 5.95 Å². The van der Waals surface area contributed by atoms with Gasteiger partial charge in [-0.3, -0.25) is 9.36 Å². The number of allylic oxidation sites excluding steroid dienone is 2. The summed E-state index contributed by atoms with van der Waals surface area (Å²) in [4.78, 5) is 18.4. The fourth-order valence-electron chi connectivity index (χ4n) is 4.94. The van der Waals surface area contributed by atoms with Crippen molar-refractivity contribution < 1.29 is 9.21 Å². The van der Waals surface area contributed by atoms with Crippen molar-refractivity contribution in [3.8, 4) is 0 Å². The van der Waals surface area contributed by atoms with Gasteiger partial charge in [-0.2, -0.15) is 0 Å². The third kappa shape index (κ3) is 2.48. The number of carbonyl (C=O) groups is 1. The number of anilines is 1. The number of carbonyl (C=O) groups excluding carboxylic acids is 1. The van der Waals surface area contributed by atoms with E-state index in [1.54, 1.807) is 6.26 Å². The third-order valence-electron chi connectivity index (χ3n) is 6.33. The lowest BCUT2D eigenvalue weighted by Crippen LogP contribution is -2.33. The highest BCUT2D eigenvalue weighted by molar-refractivity contribution is 6.01. The van der Waals surface area contributed by atoms with Gasteiger partial charge in [0.1, 0.15) is 5.76 Å². The van der Waals surface area contributed by atoms with Crippen molar-refractivity contribution in [1.82, 2.24) is 9.55 Å². The number of hydrogen-bond donors (Lipinski definition) is 1. The lowest BCUT2D eigenvalue weighted by Gasteiger charge is -2.36. The summed E-state index contributed by atoms with van der Waals surface area (Å²) in [5.41, 5.74) is 6.07. The van der Waals surface area contributed by atoms with Crippen LogP contribution in [0.5, 0.6) is 0 Å². The standard InChI is InChI=1S/C25H21N3O2/c1-15-7-2-3-8-17(15)24-23-19(13-16(14-21(23)29)22-11-6-12-30-22)27-25-26-18-9-4-5-10-20(18)28(24)25/h2-12,16,24H,13-14H2,1H3,(H,26,27). The monoisotopic (exact) mass is 395 g/mol. The molecule has 5 nitrogen and oxygen atoms in total. The number of benzene rings is 2. The molecular formula is C25H21N3O2. The van der Waals surface area contributed by atoms with Crippen molar-refractivity contribution in [1.29, 1.82) is 0 Å². The van der Waals surface area contributed by atoms with Gasteiger partial charge in [0, 0.05) is 23.6 Å². The number of hydrogen-bond acceptors (Lipinski definition) is 4. The Morgan fingerprint density at radius 2 is 1.87 bits per heavy atom. The van der Waals surface area contributed by atoms with Crippen molar-refractivity contribution in [3.05, 3.63) is 95.1 Å². The number of ketones is 1. The fraction of sp³-hybridized carbons (Fsp3) is 0.200. The van der Waals surface area contributed by atoms with E-state index in [1.165, 1.54) is 5.56 Å². The zero-order chi connectivity index (χ0) is 20.2. The summed E-state index contributed by atoms with van der Waals surface area (Å²) in [6, 6.07) is 20.1. The van der Waals surface area contributed by atoms with Crippen LogP contribution >= 0.6 is 0 Å². The second-order valence-electron chi connectivity index (χ2n) is 8.11. The molecule has 2 aliphatic rings. The van der Waals surface area contributed by atoms with E-state index in [-0.39, 0.29) is 17.7 Å². The molecule has 6 rings (SSSR count). The first-order chi connectivity index (χ1) is 14.7. The minimum Gasteiger partial charge on any atom is -0.469 e. The molecule has 1 N–H and O–H groups in total. The Balaban J connectivity index is 1.58. The highest BCUT2D eigenvalue weighted by atomic mass is 16.3. The average molecular weight is 395 g/mol. The first-order valence-electron chi connectivity index (χ1n) is 10.3. The summed E-state index contributed by atoms with van der Waals surface area (Å²) >= 11 is 0. The Labute approximate surface area is 174 Å². The van der Waals surface area contributed by atoms with Gasteiger partial charge < -0.3 is 9.73 Å². The van der Waals surface area contributed by atoms with E-state index in [0.29, 0.717) is 6.42 Å². The molecule has 0 saturated heterocycles. The topological polar surface area (TPSA) is 60.1 Å². The SMILES string of the molecule is Cc1ccccc1C1C2=C(CC(c3ccco3)CC2=O)Nc2nc3ccccc3n21. The predicted molar refractivity (Wildman–Crippen MR) is 115 cm³/mol. The summed E-state index contributed by atoms with van der Waals surface area (Å²) in [6.45, 7) is 2.11. The quantitative estimate of drug-likeness (QED) is 0.497. The zero-order valence-electron chi connectivity index (χ0n) is 16.6. The van der Waals surface area contributed by atoms with E-state index in [2.05, 4.69) is 35.0 Å². The van der Waals surface area contributed by atoms with Crippen LogP contribution in [0.15, 0.2) is 82.6 Å². The van der Waals surface area contributed by atoms with Gasteiger partial charge in [-0.05, 0) is 48.7 Å². The highest BCUT2D eigenvalue weighted by Gasteiger charge is 2.40. The molecule has 5 heteroatoms. The van der Waals surface area contributed by atoms with Crippen LogP contribution in [-0.4, -0.2) is 15.3 Å².